The lowest BCUT2D eigenvalue weighted by Crippen LogP contribution is -2.45. The quantitative estimate of drug-likeness (QED) is 0.816. The van der Waals surface area contributed by atoms with Crippen molar-refractivity contribution in [3.8, 4) is 11.5 Å². The first-order chi connectivity index (χ1) is 12.7. The number of fused-ring (bicyclic) bond motifs is 1. The molecule has 0 aliphatic carbocycles. The van der Waals surface area contributed by atoms with Gasteiger partial charge in [0.25, 0.3) is 0 Å². The zero-order chi connectivity index (χ0) is 17.9. The van der Waals surface area contributed by atoms with Crippen LogP contribution in [-0.2, 0) is 13.1 Å². The molecule has 2 aliphatic rings. The van der Waals surface area contributed by atoms with E-state index >= 15 is 0 Å². The fraction of sp³-hybridized carbons (Fsp3) is 0.455. The molecular formula is C22H28N2O2. The van der Waals surface area contributed by atoms with Crippen LogP contribution in [0.5, 0.6) is 11.5 Å². The van der Waals surface area contributed by atoms with Crippen LogP contribution in [0.4, 0.5) is 0 Å². The van der Waals surface area contributed by atoms with Crippen molar-refractivity contribution in [2.75, 3.05) is 33.0 Å². The highest BCUT2D eigenvalue weighted by molar-refractivity contribution is 5.44. The molecule has 2 aromatic rings. The van der Waals surface area contributed by atoms with E-state index in [1.807, 2.05) is 6.07 Å². The Morgan fingerprint density at radius 1 is 0.769 bits per heavy atom. The highest BCUT2D eigenvalue weighted by Gasteiger charge is 2.19. The molecule has 0 radical (unpaired) electrons. The van der Waals surface area contributed by atoms with Gasteiger partial charge in [-0.15, -0.1) is 0 Å². The van der Waals surface area contributed by atoms with E-state index in [2.05, 4.69) is 60.0 Å². The average molecular weight is 352 g/mol. The van der Waals surface area contributed by atoms with Crippen LogP contribution in [0.1, 0.15) is 36.5 Å². The van der Waals surface area contributed by atoms with Gasteiger partial charge in [0.1, 0.15) is 0 Å². The fourth-order valence-corrected chi connectivity index (χ4v) is 3.67. The Morgan fingerprint density at radius 2 is 1.35 bits per heavy atom. The van der Waals surface area contributed by atoms with Crippen molar-refractivity contribution in [1.82, 2.24) is 9.80 Å². The number of rotatable bonds is 5. The monoisotopic (exact) mass is 352 g/mol. The molecule has 0 spiro atoms. The molecule has 0 amide bonds. The number of ether oxygens (including phenoxy) is 2. The van der Waals surface area contributed by atoms with Gasteiger partial charge in [0.15, 0.2) is 11.5 Å². The van der Waals surface area contributed by atoms with Crippen LogP contribution in [0.25, 0.3) is 0 Å². The van der Waals surface area contributed by atoms with Crippen molar-refractivity contribution in [2.24, 2.45) is 0 Å². The summed E-state index contributed by atoms with van der Waals surface area (Å²) >= 11 is 0. The van der Waals surface area contributed by atoms with Gasteiger partial charge in [-0.05, 0) is 34.7 Å². The molecular weight excluding hydrogens is 324 g/mol. The average Bonchev–Trinajstić information content (AvgIpc) is 3.12. The van der Waals surface area contributed by atoms with E-state index in [1.165, 1.54) is 16.7 Å². The maximum absolute atomic E-state index is 5.49. The highest BCUT2D eigenvalue weighted by Crippen LogP contribution is 2.32. The molecule has 2 aromatic carbocycles. The summed E-state index contributed by atoms with van der Waals surface area (Å²) in [7, 11) is 0. The standard InChI is InChI=1S/C22H28N2O2/c1-17(2)20-6-3-18(4-7-20)14-23-9-11-24(12-10-23)15-19-5-8-21-22(13-19)26-16-25-21/h3-8,13,17H,9-12,14-16H2,1-2H3. The van der Waals surface area contributed by atoms with Crippen LogP contribution < -0.4 is 9.47 Å². The Morgan fingerprint density at radius 3 is 2.00 bits per heavy atom. The number of benzene rings is 2. The minimum atomic E-state index is 0.343. The number of nitrogens with zero attached hydrogens (tertiary/aromatic N) is 2. The second-order valence-electron chi connectivity index (χ2n) is 7.64. The van der Waals surface area contributed by atoms with E-state index in [0.717, 1.165) is 50.8 Å². The molecule has 0 aromatic heterocycles. The maximum Gasteiger partial charge on any atom is 0.231 e. The molecule has 1 saturated heterocycles. The lowest BCUT2D eigenvalue weighted by Gasteiger charge is -2.34. The van der Waals surface area contributed by atoms with Crippen LogP contribution in [-0.4, -0.2) is 42.8 Å². The molecule has 4 heteroatoms. The Hall–Kier alpha value is -2.04. The van der Waals surface area contributed by atoms with E-state index in [0.29, 0.717) is 12.7 Å². The largest absolute Gasteiger partial charge is 0.454 e. The molecule has 4 nitrogen and oxygen atoms in total. The van der Waals surface area contributed by atoms with Crippen LogP contribution in [0, 0.1) is 0 Å². The second-order valence-corrected chi connectivity index (χ2v) is 7.64. The number of hydrogen-bond donors (Lipinski definition) is 0. The Labute approximate surface area is 156 Å². The summed E-state index contributed by atoms with van der Waals surface area (Å²) in [5.41, 5.74) is 4.13. The van der Waals surface area contributed by atoms with Crippen LogP contribution in [0.15, 0.2) is 42.5 Å². The van der Waals surface area contributed by atoms with Crippen LogP contribution >= 0.6 is 0 Å². The van der Waals surface area contributed by atoms with Gasteiger partial charge in [-0.3, -0.25) is 9.80 Å². The van der Waals surface area contributed by atoms with Gasteiger partial charge in [-0.1, -0.05) is 44.2 Å². The molecule has 0 N–H and O–H groups in total. The van der Waals surface area contributed by atoms with Crippen molar-refractivity contribution in [1.29, 1.82) is 0 Å². The molecule has 26 heavy (non-hydrogen) atoms. The third-order valence-electron chi connectivity index (χ3n) is 5.36. The SMILES string of the molecule is CC(C)c1ccc(CN2CCN(Cc3ccc4c(c3)OCO4)CC2)cc1. The molecule has 2 aliphatic heterocycles. The van der Waals surface area contributed by atoms with Gasteiger partial charge < -0.3 is 9.47 Å². The first-order valence-electron chi connectivity index (χ1n) is 9.59. The van der Waals surface area contributed by atoms with Crippen LogP contribution in [0.2, 0.25) is 0 Å². The van der Waals surface area contributed by atoms with Gasteiger partial charge in [0.2, 0.25) is 6.79 Å². The van der Waals surface area contributed by atoms with Gasteiger partial charge in [-0.2, -0.15) is 0 Å². The fourth-order valence-electron chi connectivity index (χ4n) is 3.67. The van der Waals surface area contributed by atoms with E-state index < -0.39 is 0 Å². The molecule has 138 valence electrons. The molecule has 0 atom stereocenters. The van der Waals surface area contributed by atoms with Crippen LogP contribution in [0.3, 0.4) is 0 Å². The van der Waals surface area contributed by atoms with E-state index in [4.69, 9.17) is 9.47 Å². The first kappa shape index (κ1) is 17.4. The summed E-state index contributed by atoms with van der Waals surface area (Å²) in [6.45, 7) is 11.3. The van der Waals surface area contributed by atoms with Gasteiger partial charge >= 0.3 is 0 Å². The lowest BCUT2D eigenvalue weighted by atomic mass is 10.0. The van der Waals surface area contributed by atoms with Gasteiger partial charge in [0.05, 0.1) is 0 Å². The Balaban J connectivity index is 1.27. The lowest BCUT2D eigenvalue weighted by molar-refractivity contribution is 0.122. The third-order valence-corrected chi connectivity index (χ3v) is 5.36. The predicted molar refractivity (Wildman–Crippen MR) is 104 cm³/mol. The number of piperazine rings is 1. The third kappa shape index (κ3) is 4.02. The topological polar surface area (TPSA) is 24.9 Å². The minimum Gasteiger partial charge on any atom is -0.454 e. The van der Waals surface area contributed by atoms with Crippen molar-refractivity contribution >= 4 is 0 Å². The summed E-state index contributed by atoms with van der Waals surface area (Å²) < 4.78 is 10.9. The molecule has 2 heterocycles. The normalized spacial score (nSPS) is 17.8. The van der Waals surface area contributed by atoms with Crippen molar-refractivity contribution in [2.45, 2.75) is 32.9 Å². The molecule has 0 unspecified atom stereocenters. The van der Waals surface area contributed by atoms with Gasteiger partial charge in [0, 0.05) is 39.3 Å². The van der Waals surface area contributed by atoms with E-state index in [1.54, 1.807) is 0 Å². The predicted octanol–water partition coefficient (Wildman–Crippen LogP) is 3.86. The van der Waals surface area contributed by atoms with E-state index in [-0.39, 0.29) is 0 Å². The summed E-state index contributed by atoms with van der Waals surface area (Å²) in [4.78, 5) is 5.08. The van der Waals surface area contributed by atoms with Crippen molar-refractivity contribution in [3.05, 3.63) is 59.2 Å². The summed E-state index contributed by atoms with van der Waals surface area (Å²) in [5.74, 6) is 2.34. The Kier molecular flexibility index (Phi) is 5.14. The second kappa shape index (κ2) is 7.68. The molecule has 0 bridgehead atoms. The summed E-state index contributed by atoms with van der Waals surface area (Å²) in [5, 5.41) is 0. The molecule has 1 fully saturated rings. The van der Waals surface area contributed by atoms with E-state index in [9.17, 15) is 0 Å². The van der Waals surface area contributed by atoms with Gasteiger partial charge in [-0.25, -0.2) is 0 Å². The zero-order valence-corrected chi connectivity index (χ0v) is 15.8. The first-order valence-corrected chi connectivity index (χ1v) is 9.59. The number of hydrogen-bond acceptors (Lipinski definition) is 4. The smallest absolute Gasteiger partial charge is 0.231 e. The Bertz CT molecular complexity index is 734. The van der Waals surface area contributed by atoms with Crippen molar-refractivity contribution < 1.29 is 9.47 Å². The van der Waals surface area contributed by atoms with Crippen molar-refractivity contribution in [3.63, 3.8) is 0 Å². The summed E-state index contributed by atoms with van der Waals surface area (Å²) in [6, 6.07) is 15.4. The highest BCUT2D eigenvalue weighted by atomic mass is 16.7. The zero-order valence-electron chi connectivity index (χ0n) is 15.8. The minimum absolute atomic E-state index is 0.343. The molecule has 0 saturated carbocycles. The summed E-state index contributed by atoms with van der Waals surface area (Å²) in [6.07, 6.45) is 0. The molecule has 4 rings (SSSR count). The maximum atomic E-state index is 5.49.